The molecule has 0 aromatic carbocycles. The molecule has 6 heteroatoms. The van der Waals surface area contributed by atoms with Crippen molar-refractivity contribution in [2.45, 2.75) is 26.4 Å². The summed E-state index contributed by atoms with van der Waals surface area (Å²) in [6.07, 6.45) is 4.34. The minimum Gasteiger partial charge on any atom is -0.332 e. The molecule has 4 nitrogen and oxygen atoms in total. The average molecular weight is 308 g/mol. The molecule has 0 radical (unpaired) electrons. The van der Waals surface area contributed by atoms with E-state index in [-0.39, 0.29) is 22.7 Å². The highest BCUT2D eigenvalue weighted by Gasteiger charge is 2.22. The highest BCUT2D eigenvalue weighted by Crippen LogP contribution is 2.19. The number of nitrogens with zero attached hydrogens (tertiary/aromatic N) is 3. The van der Waals surface area contributed by atoms with Crippen LogP contribution in [-0.2, 0) is 6.54 Å². The zero-order valence-electron chi connectivity index (χ0n) is 11.8. The molecule has 0 unspecified atom stereocenters. The molecule has 0 aliphatic carbocycles. The molecule has 2 aromatic heterocycles. The molecule has 21 heavy (non-hydrogen) atoms. The molecular weight excluding hydrogens is 293 g/mol. The van der Waals surface area contributed by atoms with Gasteiger partial charge in [0, 0.05) is 25.0 Å². The maximum absolute atomic E-state index is 13.3. The Morgan fingerprint density at radius 2 is 2.19 bits per heavy atom. The monoisotopic (exact) mass is 307 g/mol. The van der Waals surface area contributed by atoms with Crippen LogP contribution in [-0.4, -0.2) is 26.8 Å². The highest BCUT2D eigenvalue weighted by atomic mass is 35.5. The van der Waals surface area contributed by atoms with E-state index in [9.17, 15) is 9.18 Å². The molecule has 2 aromatic rings. The second-order valence-corrected chi connectivity index (χ2v) is 5.24. The molecule has 0 spiro atoms. The number of hydrogen-bond acceptors (Lipinski definition) is 3. The zero-order chi connectivity index (χ0) is 15.4. The molecule has 0 fully saturated rings. The lowest BCUT2D eigenvalue weighted by atomic mass is 10.1. The standard InChI is InChI=1S/C15H15ClFN3O/c1-10(2)20(9-11-4-3-5-18-7-11)15(21)13-6-12(17)8-19-14(13)16/h3-8,10H,9H2,1-2H3. The minimum atomic E-state index is -0.590. The first-order valence-corrected chi connectivity index (χ1v) is 6.87. The third kappa shape index (κ3) is 3.76. The van der Waals surface area contributed by atoms with Gasteiger partial charge in [0.05, 0.1) is 11.8 Å². The summed E-state index contributed by atoms with van der Waals surface area (Å²) in [6.45, 7) is 4.14. The van der Waals surface area contributed by atoms with Crippen LogP contribution < -0.4 is 0 Å². The van der Waals surface area contributed by atoms with Gasteiger partial charge in [0.2, 0.25) is 0 Å². The molecule has 0 aliphatic heterocycles. The number of carbonyl (C=O) groups is 1. The Bertz CT molecular complexity index is 634. The number of hydrogen-bond donors (Lipinski definition) is 0. The van der Waals surface area contributed by atoms with E-state index < -0.39 is 5.82 Å². The number of rotatable bonds is 4. The van der Waals surface area contributed by atoms with Crippen molar-refractivity contribution in [2.75, 3.05) is 0 Å². The maximum atomic E-state index is 13.3. The molecule has 2 heterocycles. The van der Waals surface area contributed by atoms with Gasteiger partial charge < -0.3 is 4.90 Å². The summed E-state index contributed by atoms with van der Waals surface area (Å²) < 4.78 is 13.3. The Hall–Kier alpha value is -2.01. The van der Waals surface area contributed by atoms with E-state index in [0.29, 0.717) is 6.54 Å². The Labute approximate surface area is 127 Å². The number of halogens is 2. The first kappa shape index (κ1) is 15.4. The normalized spacial score (nSPS) is 10.7. The summed E-state index contributed by atoms with van der Waals surface area (Å²) in [7, 11) is 0. The Kier molecular flexibility index (Phi) is 4.85. The van der Waals surface area contributed by atoms with Crippen LogP contribution in [0.3, 0.4) is 0 Å². The first-order chi connectivity index (χ1) is 9.99. The molecule has 0 N–H and O–H groups in total. The molecular formula is C15H15ClFN3O. The number of carbonyl (C=O) groups excluding carboxylic acids is 1. The summed E-state index contributed by atoms with van der Waals surface area (Å²) in [5, 5.41) is -0.00163. The predicted molar refractivity (Wildman–Crippen MR) is 78.5 cm³/mol. The van der Waals surface area contributed by atoms with Gasteiger partial charge in [-0.15, -0.1) is 0 Å². The Morgan fingerprint density at radius 3 is 2.81 bits per heavy atom. The van der Waals surface area contributed by atoms with Gasteiger partial charge in [-0.2, -0.15) is 0 Å². The lowest BCUT2D eigenvalue weighted by molar-refractivity contribution is 0.0689. The zero-order valence-corrected chi connectivity index (χ0v) is 12.5. The molecule has 0 atom stereocenters. The van der Waals surface area contributed by atoms with Gasteiger partial charge >= 0.3 is 0 Å². The quantitative estimate of drug-likeness (QED) is 0.814. The number of amides is 1. The lowest BCUT2D eigenvalue weighted by Crippen LogP contribution is -2.36. The van der Waals surface area contributed by atoms with E-state index in [1.165, 1.54) is 0 Å². The van der Waals surface area contributed by atoms with Crippen LogP contribution in [0.15, 0.2) is 36.8 Å². The smallest absolute Gasteiger partial charge is 0.257 e. The van der Waals surface area contributed by atoms with Crippen molar-refractivity contribution in [3.05, 3.63) is 58.9 Å². The largest absolute Gasteiger partial charge is 0.332 e. The molecule has 2 rings (SSSR count). The first-order valence-electron chi connectivity index (χ1n) is 6.50. The molecule has 0 aliphatic rings. The Morgan fingerprint density at radius 1 is 1.43 bits per heavy atom. The molecule has 0 bridgehead atoms. The summed E-state index contributed by atoms with van der Waals surface area (Å²) in [5.41, 5.74) is 0.953. The van der Waals surface area contributed by atoms with E-state index >= 15 is 0 Å². The predicted octanol–water partition coefficient (Wildman–Crippen LogP) is 3.32. The summed E-state index contributed by atoms with van der Waals surface area (Å²) in [5.74, 6) is -0.946. The fourth-order valence-electron chi connectivity index (χ4n) is 1.90. The van der Waals surface area contributed by atoms with E-state index in [4.69, 9.17) is 11.6 Å². The SMILES string of the molecule is CC(C)N(Cc1cccnc1)C(=O)c1cc(F)cnc1Cl. The van der Waals surface area contributed by atoms with Crippen molar-refractivity contribution in [2.24, 2.45) is 0 Å². The van der Waals surface area contributed by atoms with Crippen molar-refractivity contribution < 1.29 is 9.18 Å². The third-order valence-electron chi connectivity index (χ3n) is 3.00. The van der Waals surface area contributed by atoms with Gasteiger partial charge in [-0.25, -0.2) is 9.37 Å². The summed E-state index contributed by atoms with van der Waals surface area (Å²) in [6, 6.07) is 4.71. The van der Waals surface area contributed by atoms with E-state index in [1.54, 1.807) is 23.4 Å². The van der Waals surface area contributed by atoms with Crippen LogP contribution in [0.4, 0.5) is 4.39 Å². The van der Waals surface area contributed by atoms with Gasteiger partial charge in [-0.1, -0.05) is 17.7 Å². The van der Waals surface area contributed by atoms with E-state index in [2.05, 4.69) is 9.97 Å². The van der Waals surface area contributed by atoms with Crippen LogP contribution in [0, 0.1) is 5.82 Å². The van der Waals surface area contributed by atoms with Gasteiger partial charge in [-0.05, 0) is 31.5 Å². The third-order valence-corrected chi connectivity index (χ3v) is 3.30. The minimum absolute atomic E-state index is 0.00163. The van der Waals surface area contributed by atoms with E-state index in [1.807, 2.05) is 19.9 Å². The van der Waals surface area contributed by atoms with Crippen LogP contribution in [0.25, 0.3) is 0 Å². The van der Waals surface area contributed by atoms with Gasteiger partial charge in [0.1, 0.15) is 11.0 Å². The second-order valence-electron chi connectivity index (χ2n) is 4.88. The molecule has 1 amide bonds. The van der Waals surface area contributed by atoms with E-state index in [0.717, 1.165) is 17.8 Å². The maximum Gasteiger partial charge on any atom is 0.257 e. The number of pyridine rings is 2. The van der Waals surface area contributed by atoms with Crippen LogP contribution in [0.5, 0.6) is 0 Å². The fraction of sp³-hybridized carbons (Fsp3) is 0.267. The Balaban J connectivity index is 2.30. The second kappa shape index (κ2) is 6.63. The van der Waals surface area contributed by atoms with Crippen molar-refractivity contribution >= 4 is 17.5 Å². The molecule has 0 saturated carbocycles. The molecule has 110 valence electrons. The highest BCUT2D eigenvalue weighted by molar-refractivity contribution is 6.32. The van der Waals surface area contributed by atoms with Crippen molar-refractivity contribution in [3.63, 3.8) is 0 Å². The van der Waals surface area contributed by atoms with Gasteiger partial charge in [0.25, 0.3) is 5.91 Å². The van der Waals surface area contributed by atoms with Gasteiger partial charge in [-0.3, -0.25) is 9.78 Å². The molecule has 0 saturated heterocycles. The van der Waals surface area contributed by atoms with Gasteiger partial charge in [0.15, 0.2) is 0 Å². The van der Waals surface area contributed by atoms with Crippen molar-refractivity contribution in [3.8, 4) is 0 Å². The van der Waals surface area contributed by atoms with Crippen molar-refractivity contribution in [1.29, 1.82) is 0 Å². The lowest BCUT2D eigenvalue weighted by Gasteiger charge is -2.27. The average Bonchev–Trinajstić information content (AvgIpc) is 2.47. The van der Waals surface area contributed by atoms with Crippen molar-refractivity contribution in [1.82, 2.24) is 14.9 Å². The van der Waals surface area contributed by atoms with Crippen LogP contribution >= 0.6 is 11.6 Å². The van der Waals surface area contributed by atoms with Crippen LogP contribution in [0.1, 0.15) is 29.8 Å². The summed E-state index contributed by atoms with van der Waals surface area (Å²) >= 11 is 5.91. The topological polar surface area (TPSA) is 46.1 Å². The number of aromatic nitrogens is 2. The fourth-order valence-corrected chi connectivity index (χ4v) is 2.09. The summed E-state index contributed by atoms with van der Waals surface area (Å²) in [4.78, 5) is 21.9. The van der Waals surface area contributed by atoms with Crippen LogP contribution in [0.2, 0.25) is 5.15 Å².